The highest BCUT2D eigenvalue weighted by Crippen LogP contribution is 2.10. The van der Waals surface area contributed by atoms with E-state index in [1.165, 1.54) is 0 Å². The second-order valence-corrected chi connectivity index (χ2v) is 2.28. The number of alkyl halides is 2. The van der Waals surface area contributed by atoms with Crippen LogP contribution in [0, 0.1) is 0 Å². The Bertz CT molecular complexity index is 96.6. The third kappa shape index (κ3) is 3.84. The molecule has 5 heteroatoms. The average molecular weight is 188 g/mol. The van der Waals surface area contributed by atoms with E-state index in [0.717, 1.165) is 0 Å². The first-order chi connectivity index (χ1) is 4.80. The van der Waals surface area contributed by atoms with Crippen LogP contribution >= 0.6 is 12.4 Å². The van der Waals surface area contributed by atoms with Gasteiger partial charge in [-0.15, -0.1) is 12.4 Å². The maximum absolute atomic E-state index is 11.9. The van der Waals surface area contributed by atoms with Gasteiger partial charge in [0.05, 0.1) is 6.61 Å². The molecule has 1 unspecified atom stereocenters. The fraction of sp³-hybridized carbons (Fsp3) is 1.00. The monoisotopic (exact) mass is 187 g/mol. The highest BCUT2D eigenvalue weighted by atomic mass is 35.5. The predicted molar refractivity (Wildman–Crippen MR) is 40.5 cm³/mol. The average Bonchev–Trinajstić information content (AvgIpc) is 2.12. The van der Waals surface area contributed by atoms with Crippen LogP contribution in [0.4, 0.5) is 8.78 Å². The van der Waals surface area contributed by atoms with Crippen LogP contribution in [0.15, 0.2) is 0 Å². The smallest absolute Gasteiger partial charge is 0.264 e. The van der Waals surface area contributed by atoms with Crippen LogP contribution in [0.1, 0.15) is 6.42 Å². The molecule has 1 heterocycles. The molecule has 0 amide bonds. The fourth-order valence-corrected chi connectivity index (χ4v) is 0.934. The molecule has 68 valence electrons. The molecule has 0 aromatic carbocycles. The van der Waals surface area contributed by atoms with E-state index in [-0.39, 0.29) is 12.4 Å². The molecular weight excluding hydrogens is 176 g/mol. The third-order valence-corrected chi connectivity index (χ3v) is 1.50. The lowest BCUT2D eigenvalue weighted by atomic mass is 10.2. The molecule has 0 spiro atoms. The van der Waals surface area contributed by atoms with E-state index < -0.39 is 12.5 Å². The molecule has 0 saturated carbocycles. The van der Waals surface area contributed by atoms with Crippen molar-refractivity contribution in [2.75, 3.05) is 19.7 Å². The zero-order valence-corrected chi connectivity index (χ0v) is 6.87. The number of hydrogen-bond donors (Lipinski definition) is 1. The first-order valence-electron chi connectivity index (χ1n) is 3.41. The molecule has 1 saturated heterocycles. The van der Waals surface area contributed by atoms with Crippen LogP contribution in [0.3, 0.4) is 0 Å². The summed E-state index contributed by atoms with van der Waals surface area (Å²) in [5.41, 5.74) is 0. The normalized spacial score (nSPS) is 25.9. The van der Waals surface area contributed by atoms with Gasteiger partial charge in [0.1, 0.15) is 6.10 Å². The molecular formula is C6H12ClF2NO. The van der Waals surface area contributed by atoms with Gasteiger partial charge in [-0.1, -0.05) is 0 Å². The second-order valence-electron chi connectivity index (χ2n) is 2.28. The van der Waals surface area contributed by atoms with Gasteiger partial charge in [-0.3, -0.25) is 0 Å². The van der Waals surface area contributed by atoms with Gasteiger partial charge < -0.3 is 10.1 Å². The molecule has 0 aromatic heterocycles. The molecule has 0 radical (unpaired) electrons. The SMILES string of the molecule is Cl.FC(F)C1CCNCCO1. The zero-order chi connectivity index (χ0) is 7.40. The standard InChI is InChI=1S/C6H11F2NO.ClH/c7-6(8)5-1-2-9-3-4-10-5;/h5-6,9H,1-4H2;1H. The van der Waals surface area contributed by atoms with Crippen molar-refractivity contribution >= 4 is 12.4 Å². The molecule has 1 atom stereocenters. The Morgan fingerprint density at radius 1 is 1.36 bits per heavy atom. The van der Waals surface area contributed by atoms with Gasteiger partial charge in [-0.25, -0.2) is 8.78 Å². The Morgan fingerprint density at radius 3 is 2.73 bits per heavy atom. The first kappa shape index (κ1) is 11.1. The predicted octanol–water partition coefficient (Wildman–Crippen LogP) is 1.05. The summed E-state index contributed by atoms with van der Waals surface area (Å²) in [6, 6.07) is 0. The van der Waals surface area contributed by atoms with Crippen molar-refractivity contribution in [2.24, 2.45) is 0 Å². The zero-order valence-electron chi connectivity index (χ0n) is 6.06. The van der Waals surface area contributed by atoms with Crippen molar-refractivity contribution in [3.63, 3.8) is 0 Å². The van der Waals surface area contributed by atoms with E-state index in [0.29, 0.717) is 26.1 Å². The Morgan fingerprint density at radius 2 is 2.09 bits per heavy atom. The minimum Gasteiger partial charge on any atom is -0.371 e. The van der Waals surface area contributed by atoms with E-state index in [2.05, 4.69) is 5.32 Å². The molecule has 1 aliphatic heterocycles. The summed E-state index contributed by atoms with van der Waals surface area (Å²) in [7, 11) is 0. The summed E-state index contributed by atoms with van der Waals surface area (Å²) in [6.45, 7) is 1.72. The molecule has 0 aliphatic carbocycles. The lowest BCUT2D eigenvalue weighted by Gasteiger charge is -2.11. The molecule has 2 nitrogen and oxygen atoms in total. The molecule has 11 heavy (non-hydrogen) atoms. The molecule has 1 fully saturated rings. The number of hydrogen-bond acceptors (Lipinski definition) is 2. The summed E-state index contributed by atoms with van der Waals surface area (Å²) in [5, 5.41) is 2.97. The number of rotatable bonds is 1. The minimum absolute atomic E-state index is 0. The second kappa shape index (κ2) is 5.69. The van der Waals surface area contributed by atoms with Crippen molar-refractivity contribution < 1.29 is 13.5 Å². The van der Waals surface area contributed by atoms with Crippen molar-refractivity contribution in [3.8, 4) is 0 Å². The maximum atomic E-state index is 11.9. The van der Waals surface area contributed by atoms with E-state index >= 15 is 0 Å². The van der Waals surface area contributed by atoms with Crippen LogP contribution in [-0.2, 0) is 4.74 Å². The van der Waals surface area contributed by atoms with Gasteiger partial charge in [-0.2, -0.15) is 0 Å². The van der Waals surface area contributed by atoms with E-state index in [9.17, 15) is 8.78 Å². The lowest BCUT2D eigenvalue weighted by molar-refractivity contribution is -0.0493. The number of nitrogens with one attached hydrogen (secondary N) is 1. The van der Waals surface area contributed by atoms with Gasteiger partial charge in [-0.05, 0) is 13.0 Å². The Kier molecular flexibility index (Phi) is 5.72. The van der Waals surface area contributed by atoms with Gasteiger partial charge >= 0.3 is 0 Å². The molecule has 1 aliphatic rings. The van der Waals surface area contributed by atoms with Crippen molar-refractivity contribution in [2.45, 2.75) is 19.0 Å². The van der Waals surface area contributed by atoms with Crippen LogP contribution in [0.25, 0.3) is 0 Å². The van der Waals surface area contributed by atoms with Crippen molar-refractivity contribution in [1.82, 2.24) is 5.32 Å². The maximum Gasteiger partial charge on any atom is 0.264 e. The number of ether oxygens (including phenoxy) is 1. The molecule has 1 rings (SSSR count). The van der Waals surface area contributed by atoms with Crippen LogP contribution in [-0.4, -0.2) is 32.2 Å². The molecule has 0 bridgehead atoms. The van der Waals surface area contributed by atoms with Gasteiger partial charge in [0.2, 0.25) is 0 Å². The van der Waals surface area contributed by atoms with Crippen molar-refractivity contribution in [3.05, 3.63) is 0 Å². The van der Waals surface area contributed by atoms with Gasteiger partial charge in [0.25, 0.3) is 6.43 Å². The van der Waals surface area contributed by atoms with Crippen molar-refractivity contribution in [1.29, 1.82) is 0 Å². The summed E-state index contributed by atoms with van der Waals surface area (Å²) in [4.78, 5) is 0. The Hall–Kier alpha value is 0.0700. The summed E-state index contributed by atoms with van der Waals surface area (Å²) in [5.74, 6) is 0. The minimum atomic E-state index is -2.33. The molecule has 0 aromatic rings. The first-order valence-corrected chi connectivity index (χ1v) is 3.41. The number of halogens is 3. The topological polar surface area (TPSA) is 21.3 Å². The third-order valence-electron chi connectivity index (χ3n) is 1.50. The molecule has 1 N–H and O–H groups in total. The highest BCUT2D eigenvalue weighted by Gasteiger charge is 2.21. The fourth-order valence-electron chi connectivity index (χ4n) is 0.934. The highest BCUT2D eigenvalue weighted by molar-refractivity contribution is 5.85. The van der Waals surface area contributed by atoms with Crippen LogP contribution in [0.5, 0.6) is 0 Å². The van der Waals surface area contributed by atoms with Gasteiger partial charge in [0.15, 0.2) is 0 Å². The Labute approximate surface area is 70.7 Å². The lowest BCUT2D eigenvalue weighted by Crippen LogP contribution is -2.22. The summed E-state index contributed by atoms with van der Waals surface area (Å²) in [6.07, 6.45) is -2.77. The van der Waals surface area contributed by atoms with Crippen LogP contribution in [0.2, 0.25) is 0 Å². The summed E-state index contributed by atoms with van der Waals surface area (Å²) < 4.78 is 28.7. The largest absolute Gasteiger partial charge is 0.371 e. The van der Waals surface area contributed by atoms with Gasteiger partial charge in [0, 0.05) is 6.54 Å². The van der Waals surface area contributed by atoms with E-state index in [1.54, 1.807) is 0 Å². The quantitative estimate of drug-likeness (QED) is 0.663. The van der Waals surface area contributed by atoms with Crippen LogP contribution < -0.4 is 5.32 Å². The van der Waals surface area contributed by atoms with E-state index in [4.69, 9.17) is 4.74 Å². The van der Waals surface area contributed by atoms with E-state index in [1.807, 2.05) is 0 Å². The Balaban J connectivity index is 0.000001000. The summed E-state index contributed by atoms with van der Waals surface area (Å²) >= 11 is 0.